The molecule has 7 nitrogen and oxygen atoms in total. The summed E-state index contributed by atoms with van der Waals surface area (Å²) in [6, 6.07) is 6.11. The van der Waals surface area contributed by atoms with E-state index in [0.29, 0.717) is 4.34 Å². The molecule has 21 heavy (non-hydrogen) atoms. The summed E-state index contributed by atoms with van der Waals surface area (Å²) in [4.78, 5) is 33.4. The van der Waals surface area contributed by atoms with Crippen molar-refractivity contribution in [2.45, 2.75) is 0 Å². The zero-order valence-electron chi connectivity index (χ0n) is 10.2. The molecule has 1 heterocycles. The van der Waals surface area contributed by atoms with Crippen molar-refractivity contribution in [2.24, 2.45) is 0 Å². The maximum Gasteiger partial charge on any atom is 0.337 e. The van der Waals surface area contributed by atoms with Crippen LogP contribution in [0.2, 0.25) is 4.34 Å². The van der Waals surface area contributed by atoms with Gasteiger partial charge in [0.15, 0.2) is 0 Å². The van der Waals surface area contributed by atoms with Gasteiger partial charge in [0.1, 0.15) is 0 Å². The highest BCUT2D eigenvalue weighted by Gasteiger charge is 2.18. The Balaban J connectivity index is 2.37. The third kappa shape index (κ3) is 3.36. The van der Waals surface area contributed by atoms with Crippen LogP contribution in [-0.2, 0) is 0 Å². The number of carbonyl (C=O) groups is 2. The average Bonchev–Trinajstić information content (AvgIpc) is 2.85. The number of non-ortho nitro benzene ring substituents is 1. The molecule has 0 saturated heterocycles. The van der Waals surface area contributed by atoms with Crippen LogP contribution in [0.5, 0.6) is 0 Å². The molecule has 0 fully saturated rings. The molecule has 0 aliphatic heterocycles. The number of aromatic carboxylic acids is 1. The average molecular weight is 327 g/mol. The molecule has 2 aromatic rings. The molecule has 9 heteroatoms. The number of nitrogens with zero attached hydrogens (tertiary/aromatic N) is 1. The van der Waals surface area contributed by atoms with Crippen LogP contribution in [-0.4, -0.2) is 21.9 Å². The van der Waals surface area contributed by atoms with E-state index in [-0.39, 0.29) is 21.8 Å². The number of nitro benzene ring substituents is 1. The van der Waals surface area contributed by atoms with E-state index in [1.807, 2.05) is 0 Å². The number of amides is 1. The van der Waals surface area contributed by atoms with E-state index in [1.165, 1.54) is 12.1 Å². The van der Waals surface area contributed by atoms with Crippen LogP contribution in [0.15, 0.2) is 30.3 Å². The number of thiophene rings is 1. The number of rotatable bonds is 4. The molecule has 0 unspecified atom stereocenters. The molecule has 0 aliphatic rings. The summed E-state index contributed by atoms with van der Waals surface area (Å²) in [6.07, 6.45) is 0. The topological polar surface area (TPSA) is 110 Å². The number of anilines is 1. The van der Waals surface area contributed by atoms with Crippen LogP contribution in [0, 0.1) is 10.1 Å². The summed E-state index contributed by atoms with van der Waals surface area (Å²) in [6.45, 7) is 0. The standard InChI is InChI=1S/C12H7ClN2O5S/c13-10-4-3-9(21-10)11(16)14-8-5-6(15(19)20)1-2-7(8)12(17)18/h1-5H,(H,14,16)(H,17,18). The first-order valence-corrected chi connectivity index (χ1v) is 6.66. The Labute approximate surface area is 126 Å². The van der Waals surface area contributed by atoms with Gasteiger partial charge in [-0.25, -0.2) is 4.79 Å². The largest absolute Gasteiger partial charge is 0.478 e. The van der Waals surface area contributed by atoms with E-state index in [1.54, 1.807) is 0 Å². The molecule has 2 N–H and O–H groups in total. The van der Waals surface area contributed by atoms with Crippen LogP contribution in [0.4, 0.5) is 11.4 Å². The van der Waals surface area contributed by atoms with Crippen molar-refractivity contribution >= 4 is 46.2 Å². The van der Waals surface area contributed by atoms with Crippen molar-refractivity contribution in [3.8, 4) is 0 Å². The lowest BCUT2D eigenvalue weighted by Crippen LogP contribution is -2.14. The molecular formula is C12H7ClN2O5S. The molecule has 1 amide bonds. The first kappa shape index (κ1) is 14.9. The number of carbonyl (C=O) groups excluding carboxylic acids is 1. The lowest BCUT2D eigenvalue weighted by molar-refractivity contribution is -0.384. The van der Waals surface area contributed by atoms with Crippen LogP contribution in [0.3, 0.4) is 0 Å². The molecule has 0 radical (unpaired) electrons. The zero-order chi connectivity index (χ0) is 15.6. The number of nitrogens with one attached hydrogen (secondary N) is 1. The predicted octanol–water partition coefficient (Wildman–Crippen LogP) is 3.26. The van der Waals surface area contributed by atoms with Gasteiger partial charge in [0, 0.05) is 12.1 Å². The van der Waals surface area contributed by atoms with Crippen molar-refractivity contribution in [2.75, 3.05) is 5.32 Å². The Morgan fingerprint density at radius 1 is 1.29 bits per heavy atom. The van der Waals surface area contributed by atoms with E-state index in [4.69, 9.17) is 16.7 Å². The van der Waals surface area contributed by atoms with Gasteiger partial charge >= 0.3 is 5.97 Å². The number of halogens is 1. The second kappa shape index (κ2) is 5.90. The molecule has 0 spiro atoms. The Kier molecular flexibility index (Phi) is 4.20. The summed E-state index contributed by atoms with van der Waals surface area (Å²) < 4.78 is 0.401. The maximum atomic E-state index is 12.0. The number of nitro groups is 1. The first-order chi connectivity index (χ1) is 9.88. The second-order valence-electron chi connectivity index (χ2n) is 3.85. The summed E-state index contributed by atoms with van der Waals surface area (Å²) in [5.41, 5.74) is -0.706. The predicted molar refractivity (Wildman–Crippen MR) is 77.3 cm³/mol. The van der Waals surface area contributed by atoms with Crippen molar-refractivity contribution in [1.82, 2.24) is 0 Å². The van der Waals surface area contributed by atoms with Crippen LogP contribution >= 0.6 is 22.9 Å². The Morgan fingerprint density at radius 3 is 2.52 bits per heavy atom. The fourth-order valence-corrected chi connectivity index (χ4v) is 2.49. The summed E-state index contributed by atoms with van der Waals surface area (Å²) in [7, 11) is 0. The molecule has 2 rings (SSSR count). The fraction of sp³-hybridized carbons (Fsp3) is 0. The van der Waals surface area contributed by atoms with E-state index in [0.717, 1.165) is 29.5 Å². The van der Waals surface area contributed by atoms with E-state index < -0.39 is 16.8 Å². The smallest absolute Gasteiger partial charge is 0.337 e. The third-order valence-corrected chi connectivity index (χ3v) is 3.72. The highest BCUT2D eigenvalue weighted by Crippen LogP contribution is 2.26. The number of carboxylic acid groups (broad SMARTS) is 1. The zero-order valence-corrected chi connectivity index (χ0v) is 11.8. The monoisotopic (exact) mass is 326 g/mol. The minimum absolute atomic E-state index is 0.147. The Morgan fingerprint density at radius 2 is 2.00 bits per heavy atom. The lowest BCUT2D eigenvalue weighted by Gasteiger charge is -2.07. The number of carboxylic acids is 1. The van der Waals surface area contributed by atoms with Crippen molar-refractivity contribution < 1.29 is 19.6 Å². The minimum atomic E-state index is -1.30. The van der Waals surface area contributed by atoms with Gasteiger partial charge < -0.3 is 10.4 Å². The molecule has 0 bridgehead atoms. The highest BCUT2D eigenvalue weighted by atomic mass is 35.5. The van der Waals surface area contributed by atoms with Gasteiger partial charge in [-0.2, -0.15) is 0 Å². The second-order valence-corrected chi connectivity index (χ2v) is 5.57. The van der Waals surface area contributed by atoms with Crippen molar-refractivity contribution in [3.05, 3.63) is 55.2 Å². The van der Waals surface area contributed by atoms with Gasteiger partial charge in [0.25, 0.3) is 11.6 Å². The van der Waals surface area contributed by atoms with Crippen LogP contribution in [0.25, 0.3) is 0 Å². The van der Waals surface area contributed by atoms with Crippen molar-refractivity contribution in [1.29, 1.82) is 0 Å². The van der Waals surface area contributed by atoms with Gasteiger partial charge in [-0.1, -0.05) is 11.6 Å². The maximum absolute atomic E-state index is 12.0. The minimum Gasteiger partial charge on any atom is -0.478 e. The Bertz CT molecular complexity index is 743. The van der Waals surface area contributed by atoms with Crippen LogP contribution < -0.4 is 5.32 Å². The molecule has 0 aliphatic carbocycles. The summed E-state index contributed by atoms with van der Waals surface area (Å²) >= 11 is 6.72. The number of hydrogen-bond donors (Lipinski definition) is 2. The number of hydrogen-bond acceptors (Lipinski definition) is 5. The molecule has 108 valence electrons. The fourth-order valence-electron chi connectivity index (χ4n) is 1.56. The van der Waals surface area contributed by atoms with Gasteiger partial charge in [0.2, 0.25) is 0 Å². The molecule has 0 saturated carbocycles. The SMILES string of the molecule is O=C(Nc1cc([N+](=O)[O-])ccc1C(=O)O)c1ccc(Cl)s1. The van der Waals surface area contributed by atoms with Gasteiger partial charge in [0.05, 0.1) is 25.4 Å². The highest BCUT2D eigenvalue weighted by molar-refractivity contribution is 7.18. The number of benzene rings is 1. The van der Waals surface area contributed by atoms with E-state index in [2.05, 4.69) is 5.32 Å². The third-order valence-electron chi connectivity index (χ3n) is 2.49. The molecule has 1 aromatic carbocycles. The Hall–Kier alpha value is -2.45. The molecular weight excluding hydrogens is 320 g/mol. The van der Waals surface area contributed by atoms with Gasteiger partial charge in [-0.15, -0.1) is 11.3 Å². The van der Waals surface area contributed by atoms with E-state index >= 15 is 0 Å². The first-order valence-electron chi connectivity index (χ1n) is 5.47. The molecule has 0 atom stereocenters. The summed E-state index contributed by atoms with van der Waals surface area (Å²) in [5.74, 6) is -1.89. The quantitative estimate of drug-likeness (QED) is 0.662. The normalized spacial score (nSPS) is 10.1. The van der Waals surface area contributed by atoms with Gasteiger partial charge in [-0.05, 0) is 18.2 Å². The molecule has 1 aromatic heterocycles. The van der Waals surface area contributed by atoms with Gasteiger partial charge in [-0.3, -0.25) is 14.9 Å². The van der Waals surface area contributed by atoms with Crippen LogP contribution in [0.1, 0.15) is 20.0 Å². The summed E-state index contributed by atoms with van der Waals surface area (Å²) in [5, 5.41) is 22.1. The van der Waals surface area contributed by atoms with E-state index in [9.17, 15) is 19.7 Å². The lowest BCUT2D eigenvalue weighted by atomic mass is 10.1. The van der Waals surface area contributed by atoms with Crippen molar-refractivity contribution in [3.63, 3.8) is 0 Å².